The van der Waals surface area contributed by atoms with Crippen LogP contribution in [0.4, 0.5) is 0 Å². The lowest BCUT2D eigenvalue weighted by atomic mass is 10.2. The second-order valence-corrected chi connectivity index (χ2v) is 8.71. The van der Waals surface area contributed by atoms with Crippen LogP contribution in [-0.4, -0.2) is 69.0 Å². The standard InChI is InChI=1S/C21H26N6O3S2/c1-3-26(14-18(28)23-13-17-5-4-12-31-17)19(29)15-32-21-25-24-20(27(21)10-11-30-2)16-6-8-22-9-7-16/h4-9,12H,3,10-11,13-15H2,1-2H3,(H,23,28). The van der Waals surface area contributed by atoms with E-state index in [1.807, 2.05) is 41.1 Å². The van der Waals surface area contributed by atoms with E-state index < -0.39 is 0 Å². The zero-order chi connectivity index (χ0) is 22.8. The monoisotopic (exact) mass is 474 g/mol. The summed E-state index contributed by atoms with van der Waals surface area (Å²) >= 11 is 2.88. The molecule has 0 saturated carbocycles. The van der Waals surface area contributed by atoms with Gasteiger partial charge in [-0.1, -0.05) is 17.8 Å². The van der Waals surface area contributed by atoms with Crippen LogP contribution in [0.5, 0.6) is 0 Å². The van der Waals surface area contributed by atoms with Gasteiger partial charge in [0.05, 0.1) is 32.0 Å². The number of thioether (sulfide) groups is 1. The second-order valence-electron chi connectivity index (χ2n) is 6.74. The number of carbonyl (C=O) groups excluding carboxylic acids is 2. The summed E-state index contributed by atoms with van der Waals surface area (Å²) < 4.78 is 7.15. The molecule has 32 heavy (non-hydrogen) atoms. The Kier molecular flexibility index (Phi) is 9.20. The van der Waals surface area contributed by atoms with Crippen molar-refractivity contribution in [1.82, 2.24) is 30.0 Å². The maximum atomic E-state index is 12.8. The van der Waals surface area contributed by atoms with E-state index in [0.717, 1.165) is 10.4 Å². The second kappa shape index (κ2) is 12.3. The van der Waals surface area contributed by atoms with Gasteiger partial charge in [-0.05, 0) is 30.5 Å². The summed E-state index contributed by atoms with van der Waals surface area (Å²) in [6.45, 7) is 3.85. The fourth-order valence-electron chi connectivity index (χ4n) is 2.92. The van der Waals surface area contributed by atoms with Crippen molar-refractivity contribution in [2.45, 2.75) is 25.2 Å². The molecule has 2 amide bonds. The predicted molar refractivity (Wildman–Crippen MR) is 124 cm³/mol. The minimum Gasteiger partial charge on any atom is -0.383 e. The number of nitrogens with one attached hydrogen (secondary N) is 1. The third kappa shape index (κ3) is 6.62. The van der Waals surface area contributed by atoms with Crippen molar-refractivity contribution in [3.63, 3.8) is 0 Å². The number of ether oxygens (including phenoxy) is 1. The average molecular weight is 475 g/mol. The van der Waals surface area contributed by atoms with Crippen LogP contribution in [0.3, 0.4) is 0 Å². The van der Waals surface area contributed by atoms with Crippen LogP contribution in [0.1, 0.15) is 11.8 Å². The Morgan fingerprint density at radius 2 is 2.06 bits per heavy atom. The van der Waals surface area contributed by atoms with Gasteiger partial charge in [-0.2, -0.15) is 0 Å². The van der Waals surface area contributed by atoms with Crippen LogP contribution in [0.2, 0.25) is 0 Å². The Labute approximate surface area is 195 Å². The molecular weight excluding hydrogens is 448 g/mol. The van der Waals surface area contributed by atoms with Gasteiger partial charge in [0.1, 0.15) is 0 Å². The van der Waals surface area contributed by atoms with E-state index in [-0.39, 0.29) is 24.1 Å². The largest absolute Gasteiger partial charge is 0.383 e. The molecule has 0 spiro atoms. The van der Waals surface area contributed by atoms with Gasteiger partial charge in [0.25, 0.3) is 0 Å². The van der Waals surface area contributed by atoms with Gasteiger partial charge in [0.15, 0.2) is 11.0 Å². The first kappa shape index (κ1) is 23.9. The number of carbonyl (C=O) groups is 2. The number of hydrogen-bond acceptors (Lipinski definition) is 8. The molecule has 1 N–H and O–H groups in total. The molecule has 3 aromatic rings. The highest BCUT2D eigenvalue weighted by Gasteiger charge is 2.19. The fourth-order valence-corrected chi connectivity index (χ4v) is 4.43. The maximum Gasteiger partial charge on any atom is 0.239 e. The van der Waals surface area contributed by atoms with Crippen molar-refractivity contribution >= 4 is 34.9 Å². The molecule has 0 radical (unpaired) electrons. The third-order valence-electron chi connectivity index (χ3n) is 4.61. The molecule has 0 saturated heterocycles. The van der Waals surface area contributed by atoms with Crippen LogP contribution in [0.15, 0.2) is 47.2 Å². The number of hydrogen-bond donors (Lipinski definition) is 1. The Morgan fingerprint density at radius 3 is 2.75 bits per heavy atom. The van der Waals surface area contributed by atoms with Crippen LogP contribution < -0.4 is 5.32 Å². The van der Waals surface area contributed by atoms with Crippen molar-refractivity contribution in [1.29, 1.82) is 0 Å². The van der Waals surface area contributed by atoms with E-state index >= 15 is 0 Å². The van der Waals surface area contributed by atoms with Gasteiger partial charge in [0, 0.05) is 36.5 Å². The number of thiophene rings is 1. The maximum absolute atomic E-state index is 12.8. The van der Waals surface area contributed by atoms with E-state index in [9.17, 15) is 9.59 Å². The van der Waals surface area contributed by atoms with E-state index in [0.29, 0.717) is 37.2 Å². The molecule has 9 nitrogen and oxygen atoms in total. The normalized spacial score (nSPS) is 10.8. The molecule has 3 heterocycles. The molecular formula is C21H26N6O3S2. The first-order chi connectivity index (χ1) is 15.6. The summed E-state index contributed by atoms with van der Waals surface area (Å²) in [4.78, 5) is 31.7. The highest BCUT2D eigenvalue weighted by Crippen LogP contribution is 2.24. The van der Waals surface area contributed by atoms with E-state index in [1.54, 1.807) is 30.8 Å². The first-order valence-electron chi connectivity index (χ1n) is 10.1. The number of rotatable bonds is 12. The van der Waals surface area contributed by atoms with E-state index in [2.05, 4.69) is 20.5 Å². The third-order valence-corrected chi connectivity index (χ3v) is 6.44. The number of likely N-dealkylation sites (N-methyl/N-ethyl adjacent to an activating group) is 1. The molecule has 0 atom stereocenters. The summed E-state index contributed by atoms with van der Waals surface area (Å²) in [6.07, 6.45) is 3.40. The smallest absolute Gasteiger partial charge is 0.239 e. The van der Waals surface area contributed by atoms with E-state index in [4.69, 9.17) is 4.74 Å². The van der Waals surface area contributed by atoms with Crippen LogP contribution in [-0.2, 0) is 27.4 Å². The zero-order valence-electron chi connectivity index (χ0n) is 18.1. The molecule has 0 unspecified atom stereocenters. The summed E-state index contributed by atoms with van der Waals surface area (Å²) in [6, 6.07) is 7.63. The number of amides is 2. The Morgan fingerprint density at radius 1 is 1.25 bits per heavy atom. The van der Waals surface area contributed by atoms with Crippen LogP contribution in [0, 0.1) is 0 Å². The molecule has 3 aromatic heterocycles. The molecule has 3 rings (SSSR count). The van der Waals surface area contributed by atoms with Gasteiger partial charge in [0.2, 0.25) is 11.8 Å². The summed E-state index contributed by atoms with van der Waals surface area (Å²) in [5, 5.41) is 14.0. The van der Waals surface area contributed by atoms with Gasteiger partial charge in [-0.15, -0.1) is 21.5 Å². The number of nitrogens with zero attached hydrogens (tertiary/aromatic N) is 5. The highest BCUT2D eigenvalue weighted by atomic mass is 32.2. The number of methoxy groups -OCH3 is 1. The van der Waals surface area contributed by atoms with Crippen molar-refractivity contribution in [3.8, 4) is 11.4 Å². The molecule has 0 bridgehead atoms. The lowest BCUT2D eigenvalue weighted by molar-refractivity contribution is -0.133. The lowest BCUT2D eigenvalue weighted by Crippen LogP contribution is -2.41. The summed E-state index contributed by atoms with van der Waals surface area (Å²) in [5.74, 6) is 0.546. The van der Waals surface area contributed by atoms with Crippen molar-refractivity contribution in [2.75, 3.05) is 32.6 Å². The number of pyridine rings is 1. The molecule has 11 heteroatoms. The van der Waals surface area contributed by atoms with Crippen molar-refractivity contribution < 1.29 is 14.3 Å². The molecule has 0 aliphatic rings. The quantitative estimate of drug-likeness (QED) is 0.402. The van der Waals surface area contributed by atoms with E-state index in [1.165, 1.54) is 16.7 Å². The molecule has 0 aliphatic heterocycles. The predicted octanol–water partition coefficient (Wildman–Crippen LogP) is 2.30. The number of aromatic nitrogens is 4. The first-order valence-corrected chi connectivity index (χ1v) is 12.0. The SMILES string of the molecule is CCN(CC(=O)NCc1cccs1)C(=O)CSc1nnc(-c2ccncc2)n1CCOC. The van der Waals surface area contributed by atoms with Gasteiger partial charge in [-0.3, -0.25) is 19.1 Å². The molecule has 0 fully saturated rings. The Hall–Kier alpha value is -2.76. The van der Waals surface area contributed by atoms with Gasteiger partial charge in [-0.25, -0.2) is 0 Å². The zero-order valence-corrected chi connectivity index (χ0v) is 19.7. The molecule has 170 valence electrons. The van der Waals surface area contributed by atoms with Crippen molar-refractivity contribution in [2.24, 2.45) is 0 Å². The highest BCUT2D eigenvalue weighted by molar-refractivity contribution is 7.99. The van der Waals surface area contributed by atoms with Gasteiger partial charge < -0.3 is 15.0 Å². The molecule has 0 aromatic carbocycles. The van der Waals surface area contributed by atoms with Crippen molar-refractivity contribution in [3.05, 3.63) is 46.9 Å². The average Bonchev–Trinajstić information content (AvgIpc) is 3.48. The van der Waals surface area contributed by atoms with Crippen LogP contribution in [0.25, 0.3) is 11.4 Å². The van der Waals surface area contributed by atoms with Gasteiger partial charge >= 0.3 is 0 Å². The Bertz CT molecular complexity index is 994. The minimum atomic E-state index is -0.179. The lowest BCUT2D eigenvalue weighted by Gasteiger charge is -2.20. The fraction of sp³-hybridized carbons (Fsp3) is 0.381. The summed E-state index contributed by atoms with van der Waals surface area (Å²) in [5.41, 5.74) is 0.888. The molecule has 0 aliphatic carbocycles. The summed E-state index contributed by atoms with van der Waals surface area (Å²) in [7, 11) is 1.63. The Balaban J connectivity index is 1.59. The minimum absolute atomic E-state index is 0.0277. The topological polar surface area (TPSA) is 102 Å². The van der Waals surface area contributed by atoms with Crippen LogP contribution >= 0.6 is 23.1 Å².